The Balaban J connectivity index is 1.64. The van der Waals surface area contributed by atoms with E-state index in [1.165, 1.54) is 17.8 Å². The first-order valence-corrected chi connectivity index (χ1v) is 11.3. The van der Waals surface area contributed by atoms with Gasteiger partial charge in [0.2, 0.25) is 0 Å². The molecule has 4 rings (SSSR count). The monoisotopic (exact) mass is 410 g/mol. The SMILES string of the molecule is O=S1(=O)C[C@@H]2N=C(SCc3cccc(Cl)c3)N(c3ccccc3F)[C@@H]2C1. The van der Waals surface area contributed by atoms with Crippen LogP contribution in [0.1, 0.15) is 5.56 Å². The Morgan fingerprint density at radius 1 is 1.19 bits per heavy atom. The number of nitrogens with zero attached hydrogens (tertiary/aromatic N) is 2. The zero-order valence-electron chi connectivity index (χ0n) is 13.7. The summed E-state index contributed by atoms with van der Waals surface area (Å²) in [6.07, 6.45) is 0. The van der Waals surface area contributed by atoms with Crippen molar-refractivity contribution in [3.05, 3.63) is 64.9 Å². The van der Waals surface area contributed by atoms with Crippen LogP contribution in [0.5, 0.6) is 0 Å². The highest BCUT2D eigenvalue weighted by atomic mass is 35.5. The van der Waals surface area contributed by atoms with E-state index in [1.54, 1.807) is 23.1 Å². The predicted molar refractivity (Wildman–Crippen MR) is 105 cm³/mol. The molecule has 2 aromatic rings. The molecule has 2 aliphatic heterocycles. The molecule has 1 fully saturated rings. The third-order valence-corrected chi connectivity index (χ3v) is 7.45. The summed E-state index contributed by atoms with van der Waals surface area (Å²) in [5.41, 5.74) is 1.40. The van der Waals surface area contributed by atoms with Crippen LogP contribution in [-0.2, 0) is 15.6 Å². The Bertz CT molecular complexity index is 981. The minimum Gasteiger partial charge on any atom is -0.312 e. The molecule has 2 atom stereocenters. The van der Waals surface area contributed by atoms with Gasteiger partial charge in [0.25, 0.3) is 0 Å². The number of benzene rings is 2. The Morgan fingerprint density at radius 3 is 2.77 bits per heavy atom. The molecule has 0 unspecified atom stereocenters. The van der Waals surface area contributed by atoms with Gasteiger partial charge in [0.15, 0.2) is 15.0 Å². The normalized spacial score (nSPS) is 23.8. The number of amidine groups is 1. The number of fused-ring (bicyclic) bond motifs is 1. The number of halogens is 2. The molecule has 2 aromatic carbocycles. The maximum Gasteiger partial charge on any atom is 0.164 e. The van der Waals surface area contributed by atoms with E-state index in [1.807, 2.05) is 24.3 Å². The van der Waals surface area contributed by atoms with Crippen molar-refractivity contribution >= 4 is 44.1 Å². The molecule has 0 bridgehead atoms. The highest BCUT2D eigenvalue weighted by Gasteiger charge is 2.47. The third-order valence-electron chi connectivity index (χ3n) is 4.48. The number of para-hydroxylation sites is 1. The molecule has 2 aliphatic rings. The lowest BCUT2D eigenvalue weighted by Crippen LogP contribution is -2.39. The first kappa shape index (κ1) is 17.8. The van der Waals surface area contributed by atoms with Crippen LogP contribution in [0.2, 0.25) is 5.02 Å². The van der Waals surface area contributed by atoms with Crippen molar-refractivity contribution in [1.29, 1.82) is 0 Å². The summed E-state index contributed by atoms with van der Waals surface area (Å²) in [5.74, 6) is 0.255. The van der Waals surface area contributed by atoms with Gasteiger partial charge < -0.3 is 4.90 Å². The van der Waals surface area contributed by atoms with Crippen molar-refractivity contribution in [1.82, 2.24) is 0 Å². The maximum absolute atomic E-state index is 14.4. The molecule has 4 nitrogen and oxygen atoms in total. The van der Waals surface area contributed by atoms with Crippen molar-refractivity contribution in [3.63, 3.8) is 0 Å². The lowest BCUT2D eigenvalue weighted by Gasteiger charge is -2.26. The quantitative estimate of drug-likeness (QED) is 0.773. The molecule has 0 N–H and O–H groups in total. The molecule has 0 aliphatic carbocycles. The summed E-state index contributed by atoms with van der Waals surface area (Å²) in [7, 11) is -3.15. The Hall–Kier alpha value is -1.57. The summed E-state index contributed by atoms with van der Waals surface area (Å²) in [4.78, 5) is 6.36. The van der Waals surface area contributed by atoms with E-state index in [0.29, 0.717) is 21.6 Å². The van der Waals surface area contributed by atoms with Crippen molar-refractivity contribution in [3.8, 4) is 0 Å². The van der Waals surface area contributed by atoms with E-state index in [0.717, 1.165) is 5.56 Å². The van der Waals surface area contributed by atoms with Gasteiger partial charge in [-0.1, -0.05) is 47.6 Å². The Kier molecular flexibility index (Phi) is 4.71. The average Bonchev–Trinajstić information content (AvgIpc) is 3.05. The second kappa shape index (κ2) is 6.87. The van der Waals surface area contributed by atoms with Crippen LogP contribution in [0.15, 0.2) is 53.5 Å². The van der Waals surface area contributed by atoms with Crippen LogP contribution >= 0.6 is 23.4 Å². The Labute approximate surface area is 161 Å². The van der Waals surface area contributed by atoms with Gasteiger partial charge >= 0.3 is 0 Å². The number of anilines is 1. The molecule has 0 amide bonds. The van der Waals surface area contributed by atoms with Gasteiger partial charge in [-0.2, -0.15) is 0 Å². The molecule has 136 valence electrons. The fourth-order valence-corrected chi connectivity index (χ4v) is 6.45. The van der Waals surface area contributed by atoms with Crippen LogP contribution in [0.25, 0.3) is 0 Å². The molecule has 26 heavy (non-hydrogen) atoms. The number of aliphatic imine (C=N–C) groups is 1. The van der Waals surface area contributed by atoms with Crippen molar-refractivity contribution < 1.29 is 12.8 Å². The van der Waals surface area contributed by atoms with Gasteiger partial charge in [0.1, 0.15) is 5.82 Å². The number of hydrogen-bond acceptors (Lipinski definition) is 5. The van der Waals surface area contributed by atoms with Gasteiger partial charge in [-0.3, -0.25) is 4.99 Å². The number of thioether (sulfide) groups is 1. The third kappa shape index (κ3) is 3.48. The highest BCUT2D eigenvalue weighted by Crippen LogP contribution is 2.37. The smallest absolute Gasteiger partial charge is 0.164 e. The average molecular weight is 411 g/mol. The predicted octanol–water partition coefficient (Wildman–Crippen LogP) is 3.75. The first-order chi connectivity index (χ1) is 12.4. The molecular weight excluding hydrogens is 395 g/mol. The molecule has 0 radical (unpaired) electrons. The zero-order valence-corrected chi connectivity index (χ0v) is 16.1. The number of hydrogen-bond donors (Lipinski definition) is 0. The molecule has 0 spiro atoms. The topological polar surface area (TPSA) is 49.7 Å². The van der Waals surface area contributed by atoms with Gasteiger partial charge in [0, 0.05) is 10.8 Å². The van der Waals surface area contributed by atoms with Crippen molar-refractivity contribution in [2.75, 3.05) is 16.4 Å². The molecule has 2 heterocycles. The highest BCUT2D eigenvalue weighted by molar-refractivity contribution is 8.13. The second-order valence-electron chi connectivity index (χ2n) is 6.36. The molecule has 1 saturated heterocycles. The first-order valence-electron chi connectivity index (χ1n) is 8.12. The van der Waals surface area contributed by atoms with Gasteiger partial charge in [-0.05, 0) is 29.8 Å². The lowest BCUT2D eigenvalue weighted by atomic mass is 10.1. The van der Waals surface area contributed by atoms with Gasteiger partial charge in [0.05, 0.1) is 29.3 Å². The van der Waals surface area contributed by atoms with Crippen LogP contribution in [0, 0.1) is 5.82 Å². The molecular formula is C18H16ClFN2O2S2. The van der Waals surface area contributed by atoms with Crippen LogP contribution in [0.3, 0.4) is 0 Å². The van der Waals surface area contributed by atoms with E-state index in [-0.39, 0.29) is 29.4 Å². The van der Waals surface area contributed by atoms with E-state index in [4.69, 9.17) is 11.6 Å². The number of rotatable bonds is 3. The summed E-state index contributed by atoms with van der Waals surface area (Å²) >= 11 is 7.50. The van der Waals surface area contributed by atoms with Gasteiger partial charge in [-0.15, -0.1) is 0 Å². The van der Waals surface area contributed by atoms with E-state index >= 15 is 0 Å². The molecule has 8 heteroatoms. The minimum absolute atomic E-state index is 0.00325. The lowest BCUT2D eigenvalue weighted by molar-refractivity contribution is 0.600. The summed E-state index contributed by atoms with van der Waals surface area (Å²) < 4.78 is 38.4. The van der Waals surface area contributed by atoms with Crippen molar-refractivity contribution in [2.24, 2.45) is 4.99 Å². The summed E-state index contributed by atoms with van der Waals surface area (Å²) in [5, 5.41) is 1.31. The largest absolute Gasteiger partial charge is 0.312 e. The van der Waals surface area contributed by atoms with E-state index in [2.05, 4.69) is 4.99 Å². The maximum atomic E-state index is 14.4. The van der Waals surface area contributed by atoms with E-state index in [9.17, 15) is 12.8 Å². The minimum atomic E-state index is -3.15. The van der Waals surface area contributed by atoms with Crippen molar-refractivity contribution in [2.45, 2.75) is 17.8 Å². The van der Waals surface area contributed by atoms with Gasteiger partial charge in [-0.25, -0.2) is 12.8 Å². The second-order valence-corrected chi connectivity index (χ2v) is 9.90. The Morgan fingerprint density at radius 2 is 2.00 bits per heavy atom. The fraction of sp³-hybridized carbons (Fsp3) is 0.278. The van der Waals surface area contributed by atoms with Crippen LogP contribution < -0.4 is 4.90 Å². The molecule has 0 aromatic heterocycles. The fourth-order valence-electron chi connectivity index (χ4n) is 3.34. The standard InChI is InChI=1S/C18H16ClFN2O2S2/c19-13-5-3-4-12(8-13)9-25-18-21-15-10-26(23,24)11-17(15)22(18)16-7-2-1-6-14(16)20/h1-8,15,17H,9-11H2/t15-,17+/m0/s1. The number of sulfone groups is 1. The van der Waals surface area contributed by atoms with E-state index < -0.39 is 9.84 Å². The zero-order chi connectivity index (χ0) is 18.3. The summed E-state index contributed by atoms with van der Waals surface area (Å²) in [6.45, 7) is 0. The summed E-state index contributed by atoms with van der Waals surface area (Å²) in [6, 6.07) is 13.2. The van der Waals surface area contributed by atoms with Crippen LogP contribution in [-0.4, -0.2) is 37.2 Å². The molecule has 0 saturated carbocycles. The van der Waals surface area contributed by atoms with Crippen LogP contribution in [0.4, 0.5) is 10.1 Å².